The van der Waals surface area contributed by atoms with Crippen LogP contribution in [0.2, 0.25) is 0 Å². The lowest BCUT2D eigenvalue weighted by molar-refractivity contribution is 0.592. The summed E-state index contributed by atoms with van der Waals surface area (Å²) in [6.45, 7) is 1.81. The number of anilines is 1. The Labute approximate surface area is 123 Å². The maximum Gasteiger partial charge on any atom is 0.261 e. The van der Waals surface area contributed by atoms with Crippen molar-refractivity contribution >= 4 is 31.6 Å². The van der Waals surface area contributed by atoms with Crippen molar-refractivity contribution in [1.29, 1.82) is 0 Å². The van der Waals surface area contributed by atoms with Crippen LogP contribution in [0.3, 0.4) is 0 Å². The first-order valence-corrected chi connectivity index (χ1v) is 7.81. The van der Waals surface area contributed by atoms with E-state index in [1.54, 1.807) is 12.1 Å². The first-order valence-electron chi connectivity index (χ1n) is 5.53. The van der Waals surface area contributed by atoms with Crippen molar-refractivity contribution in [2.45, 2.75) is 11.8 Å². The minimum atomic E-state index is -3.95. The van der Waals surface area contributed by atoms with Crippen molar-refractivity contribution < 1.29 is 17.2 Å². The Morgan fingerprint density at radius 3 is 2.25 bits per heavy atom. The highest BCUT2D eigenvalue weighted by Gasteiger charge is 2.17. The van der Waals surface area contributed by atoms with Crippen LogP contribution in [0, 0.1) is 18.6 Å². The number of aryl methyl sites for hydroxylation is 1. The number of benzene rings is 2. The Balaban J connectivity index is 2.38. The van der Waals surface area contributed by atoms with Gasteiger partial charge in [0.15, 0.2) is 0 Å². The summed E-state index contributed by atoms with van der Waals surface area (Å²) >= 11 is 2.82. The van der Waals surface area contributed by atoms with Gasteiger partial charge in [0.1, 0.15) is 11.6 Å². The van der Waals surface area contributed by atoms with Crippen molar-refractivity contribution in [1.82, 2.24) is 0 Å². The number of nitrogens with one attached hydrogen (secondary N) is 1. The SMILES string of the molecule is Cc1ccc(S(=O)(=O)Nc2cc(F)c(Br)cc2F)cc1. The highest BCUT2D eigenvalue weighted by molar-refractivity contribution is 9.10. The van der Waals surface area contributed by atoms with Gasteiger partial charge < -0.3 is 0 Å². The van der Waals surface area contributed by atoms with E-state index in [1.165, 1.54) is 12.1 Å². The van der Waals surface area contributed by atoms with Gasteiger partial charge in [-0.2, -0.15) is 0 Å². The second kappa shape index (κ2) is 5.49. The molecule has 0 aromatic heterocycles. The third-order valence-electron chi connectivity index (χ3n) is 2.59. The summed E-state index contributed by atoms with van der Waals surface area (Å²) in [6.07, 6.45) is 0. The van der Waals surface area contributed by atoms with Gasteiger partial charge in [0.25, 0.3) is 10.0 Å². The summed E-state index contributed by atoms with van der Waals surface area (Å²) in [4.78, 5) is -0.0224. The monoisotopic (exact) mass is 361 g/mol. The molecule has 7 heteroatoms. The molecule has 0 heterocycles. The molecule has 0 aliphatic carbocycles. The molecule has 0 radical (unpaired) electrons. The highest BCUT2D eigenvalue weighted by atomic mass is 79.9. The van der Waals surface area contributed by atoms with Gasteiger partial charge in [-0.3, -0.25) is 4.72 Å². The molecule has 0 bridgehead atoms. The lowest BCUT2D eigenvalue weighted by atomic mass is 10.2. The molecular formula is C13H10BrF2NO2S. The summed E-state index contributed by atoms with van der Waals surface area (Å²) in [5.41, 5.74) is 0.455. The molecule has 1 N–H and O–H groups in total. The van der Waals surface area contributed by atoms with Crippen molar-refractivity contribution in [3.05, 3.63) is 58.1 Å². The van der Waals surface area contributed by atoms with Crippen LogP contribution < -0.4 is 4.72 Å². The van der Waals surface area contributed by atoms with E-state index in [0.717, 1.165) is 17.7 Å². The highest BCUT2D eigenvalue weighted by Crippen LogP contribution is 2.25. The van der Waals surface area contributed by atoms with E-state index >= 15 is 0 Å². The Bertz CT molecular complexity index is 746. The van der Waals surface area contributed by atoms with Crippen LogP contribution in [0.15, 0.2) is 45.8 Å². The molecular weight excluding hydrogens is 352 g/mol. The molecule has 2 aromatic rings. The van der Waals surface area contributed by atoms with E-state index in [0.29, 0.717) is 0 Å². The zero-order valence-corrected chi connectivity index (χ0v) is 12.7. The average molecular weight is 362 g/mol. The van der Waals surface area contributed by atoms with E-state index in [1.807, 2.05) is 11.6 Å². The maximum atomic E-state index is 13.6. The number of rotatable bonds is 3. The molecule has 106 valence electrons. The van der Waals surface area contributed by atoms with E-state index < -0.39 is 27.3 Å². The largest absolute Gasteiger partial charge is 0.277 e. The van der Waals surface area contributed by atoms with Gasteiger partial charge >= 0.3 is 0 Å². The molecule has 0 fully saturated rings. The van der Waals surface area contributed by atoms with Crippen LogP contribution in [-0.4, -0.2) is 8.42 Å². The molecule has 0 amide bonds. The minimum Gasteiger partial charge on any atom is -0.277 e. The second-order valence-corrected chi connectivity index (χ2v) is 6.70. The lowest BCUT2D eigenvalue weighted by Gasteiger charge is -2.10. The van der Waals surface area contributed by atoms with E-state index in [4.69, 9.17) is 0 Å². The molecule has 0 aliphatic rings. The van der Waals surface area contributed by atoms with Gasteiger partial charge in [0.05, 0.1) is 15.1 Å². The molecule has 2 aromatic carbocycles. The number of hydrogen-bond donors (Lipinski definition) is 1. The summed E-state index contributed by atoms with van der Waals surface area (Å²) in [7, 11) is -3.95. The summed E-state index contributed by atoms with van der Waals surface area (Å²) in [5.74, 6) is -1.62. The van der Waals surface area contributed by atoms with Crippen LogP contribution in [0.25, 0.3) is 0 Å². The normalized spacial score (nSPS) is 11.4. The van der Waals surface area contributed by atoms with Gasteiger partial charge in [-0.1, -0.05) is 17.7 Å². The van der Waals surface area contributed by atoms with Gasteiger partial charge in [-0.05, 0) is 41.1 Å². The molecule has 20 heavy (non-hydrogen) atoms. The van der Waals surface area contributed by atoms with Gasteiger partial charge in [-0.15, -0.1) is 0 Å². The fraction of sp³-hybridized carbons (Fsp3) is 0.0769. The van der Waals surface area contributed by atoms with E-state index in [-0.39, 0.29) is 9.37 Å². The molecule has 0 unspecified atom stereocenters. The van der Waals surface area contributed by atoms with Crippen molar-refractivity contribution in [3.63, 3.8) is 0 Å². The van der Waals surface area contributed by atoms with E-state index in [2.05, 4.69) is 15.9 Å². The third-order valence-corrected chi connectivity index (χ3v) is 4.57. The quantitative estimate of drug-likeness (QED) is 0.844. The van der Waals surface area contributed by atoms with Gasteiger partial charge in [0, 0.05) is 6.07 Å². The molecule has 3 nitrogen and oxygen atoms in total. The molecule has 0 atom stereocenters. The fourth-order valence-corrected chi connectivity index (χ4v) is 2.90. The summed E-state index contributed by atoms with van der Waals surface area (Å²) in [6, 6.07) is 7.67. The standard InChI is InChI=1S/C13H10BrF2NO2S/c1-8-2-4-9(5-3-8)20(18,19)17-13-7-11(15)10(14)6-12(13)16/h2-7,17H,1H3. The van der Waals surface area contributed by atoms with Crippen LogP contribution in [0.4, 0.5) is 14.5 Å². The zero-order chi connectivity index (χ0) is 14.9. The Kier molecular flexibility index (Phi) is 4.10. The number of hydrogen-bond acceptors (Lipinski definition) is 2. The second-order valence-electron chi connectivity index (χ2n) is 4.16. The molecule has 2 rings (SSSR count). The third kappa shape index (κ3) is 3.16. The molecule has 0 saturated heterocycles. The number of halogens is 3. The topological polar surface area (TPSA) is 46.2 Å². The first-order chi connectivity index (χ1) is 9.29. The lowest BCUT2D eigenvalue weighted by Crippen LogP contribution is -2.14. The van der Waals surface area contributed by atoms with Crippen LogP contribution in [-0.2, 0) is 10.0 Å². The molecule has 0 aliphatic heterocycles. The van der Waals surface area contributed by atoms with Crippen LogP contribution in [0.1, 0.15) is 5.56 Å². The predicted molar refractivity (Wildman–Crippen MR) is 76.0 cm³/mol. The smallest absolute Gasteiger partial charge is 0.261 e. The predicted octanol–water partition coefficient (Wildman–Crippen LogP) is 3.84. The van der Waals surface area contributed by atoms with Crippen molar-refractivity contribution in [2.75, 3.05) is 4.72 Å². The van der Waals surface area contributed by atoms with E-state index in [9.17, 15) is 17.2 Å². The zero-order valence-electron chi connectivity index (χ0n) is 10.3. The van der Waals surface area contributed by atoms with Crippen LogP contribution >= 0.6 is 15.9 Å². The van der Waals surface area contributed by atoms with Crippen LogP contribution in [0.5, 0.6) is 0 Å². The van der Waals surface area contributed by atoms with Gasteiger partial charge in [0.2, 0.25) is 0 Å². The van der Waals surface area contributed by atoms with Gasteiger partial charge in [-0.25, -0.2) is 17.2 Å². The number of sulfonamides is 1. The Morgan fingerprint density at radius 1 is 1.05 bits per heavy atom. The Morgan fingerprint density at radius 2 is 1.65 bits per heavy atom. The summed E-state index contributed by atoms with van der Waals surface area (Å²) < 4.78 is 53.0. The fourth-order valence-electron chi connectivity index (χ4n) is 1.52. The minimum absolute atomic E-state index is 0.0224. The Hall–Kier alpha value is -1.47. The molecule has 0 saturated carbocycles. The first kappa shape index (κ1) is 14.9. The van der Waals surface area contributed by atoms with Crippen molar-refractivity contribution in [3.8, 4) is 0 Å². The maximum absolute atomic E-state index is 13.6. The molecule has 0 spiro atoms. The average Bonchev–Trinajstić information content (AvgIpc) is 2.36. The van der Waals surface area contributed by atoms with Crippen molar-refractivity contribution in [2.24, 2.45) is 0 Å². The summed E-state index contributed by atoms with van der Waals surface area (Å²) in [5, 5.41) is 0.